The molecular weight excluding hydrogens is 494 g/mol. The zero-order chi connectivity index (χ0) is 27.9. The lowest BCUT2D eigenvalue weighted by atomic mass is 9.85. The van der Waals surface area contributed by atoms with Gasteiger partial charge in [-0.2, -0.15) is 0 Å². The van der Waals surface area contributed by atoms with Gasteiger partial charge in [-0.1, -0.05) is 115 Å². The Morgan fingerprint density at radius 3 is 1.59 bits per heavy atom. The Labute approximate surface area is 241 Å². The first-order valence-corrected chi connectivity index (χ1v) is 14.2. The van der Waals surface area contributed by atoms with Crippen molar-refractivity contribution in [2.24, 2.45) is 4.99 Å². The first-order chi connectivity index (χ1) is 20.1. The van der Waals surface area contributed by atoms with E-state index in [0.29, 0.717) is 0 Å². The van der Waals surface area contributed by atoms with Gasteiger partial charge < -0.3 is 0 Å². The summed E-state index contributed by atoms with van der Waals surface area (Å²) in [6.07, 6.45) is 0. The molecule has 0 aliphatic rings. The zero-order valence-corrected chi connectivity index (χ0v) is 23.6. The number of nitrogens with zero attached hydrogens (tertiary/aromatic N) is 1. The van der Waals surface area contributed by atoms with Crippen LogP contribution in [-0.2, 0) is 0 Å². The second kappa shape index (κ2) is 10.2. The van der Waals surface area contributed by atoms with Crippen molar-refractivity contribution in [2.45, 2.75) is 20.8 Å². The van der Waals surface area contributed by atoms with E-state index in [9.17, 15) is 0 Å². The number of fused-ring (bicyclic) bond motifs is 3. The number of aliphatic imine (C=N–C) groups is 1. The van der Waals surface area contributed by atoms with Crippen LogP contribution in [0.15, 0.2) is 138 Å². The van der Waals surface area contributed by atoms with E-state index in [-0.39, 0.29) is 0 Å². The summed E-state index contributed by atoms with van der Waals surface area (Å²) in [5.74, 6) is 0. The van der Waals surface area contributed by atoms with E-state index < -0.39 is 0 Å². The van der Waals surface area contributed by atoms with Crippen LogP contribution < -0.4 is 0 Å². The lowest BCUT2D eigenvalue weighted by Crippen LogP contribution is -1.91. The Morgan fingerprint density at radius 1 is 0.439 bits per heavy atom. The van der Waals surface area contributed by atoms with Crippen LogP contribution in [0.5, 0.6) is 0 Å². The predicted octanol–water partition coefficient (Wildman–Crippen LogP) is 11.6. The van der Waals surface area contributed by atoms with Gasteiger partial charge in [-0.3, -0.25) is 4.99 Å². The van der Waals surface area contributed by atoms with Crippen LogP contribution in [0.2, 0.25) is 0 Å². The molecule has 7 aromatic rings. The number of hydrogen-bond acceptors (Lipinski definition) is 1. The Hall–Kier alpha value is -5.01. The van der Waals surface area contributed by atoms with E-state index in [2.05, 4.69) is 140 Å². The van der Waals surface area contributed by atoms with Crippen molar-refractivity contribution < 1.29 is 0 Å². The summed E-state index contributed by atoms with van der Waals surface area (Å²) in [6.45, 7) is 6.21. The molecule has 0 saturated heterocycles. The maximum atomic E-state index is 4.78. The van der Waals surface area contributed by atoms with Gasteiger partial charge in [0, 0.05) is 5.71 Å². The van der Waals surface area contributed by atoms with E-state index >= 15 is 0 Å². The molecule has 0 saturated carbocycles. The van der Waals surface area contributed by atoms with Crippen LogP contribution in [0.1, 0.15) is 19.4 Å². The molecule has 0 fully saturated rings. The minimum absolute atomic E-state index is 1.03. The van der Waals surface area contributed by atoms with Crippen molar-refractivity contribution in [1.82, 2.24) is 0 Å². The van der Waals surface area contributed by atoms with Crippen LogP contribution in [0.4, 0.5) is 5.69 Å². The normalized spacial score (nSPS) is 11.3. The molecule has 0 aliphatic heterocycles. The highest BCUT2D eigenvalue weighted by molar-refractivity contribution is 6.21. The fraction of sp³-hybridized carbons (Fsp3) is 0.0750. The third-order valence-electron chi connectivity index (χ3n) is 8.01. The Morgan fingerprint density at radius 2 is 0.951 bits per heavy atom. The van der Waals surface area contributed by atoms with Gasteiger partial charge >= 0.3 is 0 Å². The van der Waals surface area contributed by atoms with Gasteiger partial charge in [0.25, 0.3) is 0 Å². The average Bonchev–Trinajstić information content (AvgIpc) is 3.00. The second-order valence-electron chi connectivity index (χ2n) is 11.0. The summed E-state index contributed by atoms with van der Waals surface area (Å²) >= 11 is 0. The molecule has 0 radical (unpaired) electrons. The molecule has 0 amide bonds. The topological polar surface area (TPSA) is 12.4 Å². The highest BCUT2D eigenvalue weighted by Gasteiger charge is 2.17. The molecule has 41 heavy (non-hydrogen) atoms. The van der Waals surface area contributed by atoms with E-state index in [0.717, 1.165) is 11.4 Å². The highest BCUT2D eigenvalue weighted by Crippen LogP contribution is 2.44. The third-order valence-corrected chi connectivity index (χ3v) is 8.01. The van der Waals surface area contributed by atoms with Gasteiger partial charge in [0.05, 0.1) is 5.69 Å². The summed E-state index contributed by atoms with van der Waals surface area (Å²) < 4.78 is 0. The molecule has 0 heterocycles. The largest absolute Gasteiger partial charge is 0.258 e. The Balaban J connectivity index is 1.48. The van der Waals surface area contributed by atoms with Gasteiger partial charge in [-0.05, 0) is 110 Å². The van der Waals surface area contributed by atoms with Crippen LogP contribution in [-0.4, -0.2) is 5.71 Å². The number of rotatable bonds is 4. The fourth-order valence-electron chi connectivity index (χ4n) is 6.10. The molecule has 0 bridgehead atoms. The maximum Gasteiger partial charge on any atom is 0.0664 e. The van der Waals surface area contributed by atoms with Crippen LogP contribution in [0, 0.1) is 6.92 Å². The average molecular weight is 526 g/mol. The van der Waals surface area contributed by atoms with Gasteiger partial charge in [0.1, 0.15) is 0 Å². The van der Waals surface area contributed by atoms with Crippen molar-refractivity contribution in [3.63, 3.8) is 0 Å². The second-order valence-corrected chi connectivity index (χ2v) is 11.0. The highest BCUT2D eigenvalue weighted by atomic mass is 14.7. The molecule has 0 unspecified atom stereocenters. The Kier molecular flexibility index (Phi) is 6.21. The monoisotopic (exact) mass is 525 g/mol. The lowest BCUT2D eigenvalue weighted by molar-refractivity contribution is 1.38. The van der Waals surface area contributed by atoms with Gasteiger partial charge in [-0.25, -0.2) is 0 Å². The molecule has 0 aromatic heterocycles. The van der Waals surface area contributed by atoms with E-state index in [1.54, 1.807) is 0 Å². The van der Waals surface area contributed by atoms with Gasteiger partial charge in [-0.15, -0.1) is 0 Å². The van der Waals surface area contributed by atoms with Crippen LogP contribution >= 0.6 is 0 Å². The van der Waals surface area contributed by atoms with Crippen molar-refractivity contribution in [3.8, 4) is 33.4 Å². The summed E-state index contributed by atoms with van der Waals surface area (Å²) in [4.78, 5) is 4.78. The quantitative estimate of drug-likeness (QED) is 0.160. The van der Waals surface area contributed by atoms with E-state index in [1.807, 2.05) is 13.8 Å². The van der Waals surface area contributed by atoms with E-state index in [1.165, 1.54) is 71.3 Å². The number of benzene rings is 7. The minimum Gasteiger partial charge on any atom is -0.258 e. The van der Waals surface area contributed by atoms with Crippen LogP contribution in [0.3, 0.4) is 0 Å². The first-order valence-electron chi connectivity index (χ1n) is 14.2. The molecule has 1 heteroatoms. The number of hydrogen-bond donors (Lipinski definition) is 0. The molecular formula is C40H31N. The zero-order valence-electron chi connectivity index (χ0n) is 23.6. The van der Waals surface area contributed by atoms with Gasteiger partial charge in [0.15, 0.2) is 0 Å². The molecule has 196 valence electrons. The summed E-state index contributed by atoms with van der Waals surface area (Å²) in [5, 5.41) is 7.59. The molecule has 0 aliphatic carbocycles. The number of aryl methyl sites for hydroxylation is 1. The summed E-state index contributed by atoms with van der Waals surface area (Å²) in [7, 11) is 0. The molecule has 1 nitrogen and oxygen atoms in total. The van der Waals surface area contributed by atoms with E-state index in [4.69, 9.17) is 4.99 Å². The molecule has 7 aromatic carbocycles. The molecule has 0 spiro atoms. The van der Waals surface area contributed by atoms with Crippen molar-refractivity contribution in [1.29, 1.82) is 0 Å². The first kappa shape index (κ1) is 25.0. The summed E-state index contributed by atoms with van der Waals surface area (Å²) in [6, 6.07) is 48.7. The van der Waals surface area contributed by atoms with Crippen molar-refractivity contribution in [3.05, 3.63) is 139 Å². The predicted molar refractivity (Wildman–Crippen MR) is 178 cm³/mol. The lowest BCUT2D eigenvalue weighted by Gasteiger charge is -2.18. The molecule has 7 rings (SSSR count). The van der Waals surface area contributed by atoms with Gasteiger partial charge in [0.2, 0.25) is 0 Å². The molecule has 0 N–H and O–H groups in total. The third kappa shape index (κ3) is 4.50. The van der Waals surface area contributed by atoms with Crippen LogP contribution in [0.25, 0.3) is 65.7 Å². The SMILES string of the molecule is CC(C)=Nc1cc(-c2cccc(-c3c4ccccc4c(-c4ccc5ccccc5c4)c4ccccc34)c2)ccc1C. The minimum atomic E-state index is 1.03. The Bertz CT molecular complexity index is 2070. The fourth-order valence-corrected chi connectivity index (χ4v) is 6.10. The summed E-state index contributed by atoms with van der Waals surface area (Å²) in [5.41, 5.74) is 10.7. The standard InChI is InChI=1S/C40H31N/c1-26(2)41-38-25-31(20-19-27(38)3)30-13-10-14-32(24-30)39-34-15-6-8-17-36(34)40(37-18-9-7-16-35(37)39)33-22-21-28-11-4-5-12-29(28)23-33/h4-25H,1-3H3. The maximum absolute atomic E-state index is 4.78. The van der Waals surface area contributed by atoms with Crippen molar-refractivity contribution in [2.75, 3.05) is 0 Å². The molecule has 0 atom stereocenters. The smallest absolute Gasteiger partial charge is 0.0664 e. The van der Waals surface area contributed by atoms with Crippen molar-refractivity contribution >= 4 is 43.7 Å².